The summed E-state index contributed by atoms with van der Waals surface area (Å²) in [5.74, 6) is -4.26. The highest BCUT2D eigenvalue weighted by Gasteiger charge is 2.28. The number of hydrogen-bond donors (Lipinski definition) is 8. The molecule has 4 unspecified atom stereocenters. The molecule has 4 atom stereocenters. The van der Waals surface area contributed by atoms with Crippen LogP contribution in [0.5, 0.6) is 0 Å². The van der Waals surface area contributed by atoms with Crippen molar-refractivity contribution in [3.05, 3.63) is 0 Å². The zero-order chi connectivity index (χ0) is 23.3. The Morgan fingerprint density at radius 1 is 0.900 bits per heavy atom. The van der Waals surface area contributed by atoms with Crippen LogP contribution in [0.15, 0.2) is 0 Å². The van der Waals surface area contributed by atoms with Crippen LogP contribution in [-0.4, -0.2) is 77.1 Å². The van der Waals surface area contributed by atoms with Crippen molar-refractivity contribution in [3.8, 4) is 0 Å². The molecule has 0 saturated carbocycles. The fourth-order valence-corrected chi connectivity index (χ4v) is 2.31. The Hall–Kier alpha value is -2.77. The zero-order valence-electron chi connectivity index (χ0n) is 16.9. The fraction of sp³-hybridized carbons (Fsp3) is 0.706. The first-order valence-corrected chi connectivity index (χ1v) is 9.52. The maximum absolute atomic E-state index is 12.4. The molecule has 172 valence electrons. The third-order valence-electron chi connectivity index (χ3n) is 4.16. The molecule has 13 nitrogen and oxygen atoms in total. The van der Waals surface area contributed by atoms with E-state index in [1.807, 2.05) is 0 Å². The summed E-state index contributed by atoms with van der Waals surface area (Å²) in [6, 6.07) is -4.80. The molecule has 0 saturated heterocycles. The fourth-order valence-electron chi connectivity index (χ4n) is 2.31. The molecule has 0 radical (unpaired) electrons. The van der Waals surface area contributed by atoms with Gasteiger partial charge in [0.25, 0.3) is 0 Å². The Bertz CT molecular complexity index is 615. The van der Waals surface area contributed by atoms with E-state index in [0.717, 1.165) is 0 Å². The van der Waals surface area contributed by atoms with Gasteiger partial charge in [0.15, 0.2) is 0 Å². The minimum atomic E-state index is -1.40. The van der Waals surface area contributed by atoms with Gasteiger partial charge in [-0.2, -0.15) is 0 Å². The number of carbonyl (C=O) groups is 5. The first kappa shape index (κ1) is 27.2. The summed E-state index contributed by atoms with van der Waals surface area (Å²) in [4.78, 5) is 58.5. The molecule has 0 spiro atoms. The van der Waals surface area contributed by atoms with E-state index >= 15 is 0 Å². The van der Waals surface area contributed by atoms with Crippen molar-refractivity contribution in [2.45, 2.75) is 63.2 Å². The molecule has 0 rings (SSSR count). The lowest BCUT2D eigenvalue weighted by molar-refractivity contribution is -0.142. The Labute approximate surface area is 174 Å². The van der Waals surface area contributed by atoms with Gasteiger partial charge in [-0.05, 0) is 39.2 Å². The average molecular weight is 432 g/mol. The number of amides is 4. The number of aliphatic hydroxyl groups is 1. The number of rotatable bonds is 15. The largest absolute Gasteiger partial charge is 0.480 e. The van der Waals surface area contributed by atoms with E-state index in [1.165, 1.54) is 6.92 Å². The van der Waals surface area contributed by atoms with Crippen LogP contribution in [0.4, 0.5) is 0 Å². The summed E-state index contributed by atoms with van der Waals surface area (Å²) in [6.07, 6.45) is 1.05. The quantitative estimate of drug-likeness (QED) is 0.118. The van der Waals surface area contributed by atoms with Crippen molar-refractivity contribution in [3.63, 3.8) is 0 Å². The Balaban J connectivity index is 5.04. The Kier molecular flexibility index (Phi) is 12.9. The van der Waals surface area contributed by atoms with Crippen LogP contribution in [0.3, 0.4) is 0 Å². The Morgan fingerprint density at radius 2 is 1.47 bits per heavy atom. The third-order valence-corrected chi connectivity index (χ3v) is 4.16. The second kappa shape index (κ2) is 14.3. The van der Waals surface area contributed by atoms with Crippen LogP contribution in [0.1, 0.15) is 39.0 Å². The number of unbranched alkanes of at least 4 members (excludes halogenated alkanes) is 1. The summed E-state index contributed by atoms with van der Waals surface area (Å²) in [5, 5.41) is 25.3. The number of carboxylic acids is 1. The van der Waals surface area contributed by atoms with E-state index < -0.39 is 60.4 Å². The van der Waals surface area contributed by atoms with Crippen LogP contribution in [0.2, 0.25) is 0 Å². The summed E-state index contributed by atoms with van der Waals surface area (Å²) in [6.45, 7) is 0.859. The van der Waals surface area contributed by atoms with E-state index in [-0.39, 0.29) is 19.3 Å². The van der Waals surface area contributed by atoms with Gasteiger partial charge in [-0.25, -0.2) is 0 Å². The van der Waals surface area contributed by atoms with E-state index in [1.54, 1.807) is 0 Å². The van der Waals surface area contributed by atoms with Gasteiger partial charge in [0.05, 0.1) is 12.6 Å². The van der Waals surface area contributed by atoms with E-state index in [2.05, 4.69) is 16.0 Å². The molecule has 0 heterocycles. The number of carbonyl (C=O) groups excluding carboxylic acids is 4. The molecule has 0 fully saturated rings. The van der Waals surface area contributed by atoms with Crippen molar-refractivity contribution in [1.82, 2.24) is 16.0 Å². The number of primary amides is 1. The molecular formula is C17H32N6O7. The lowest BCUT2D eigenvalue weighted by Crippen LogP contribution is -2.57. The molecule has 0 aromatic heterocycles. The number of aliphatic hydroxyl groups excluding tert-OH is 1. The standard InChI is InChI=1S/C17H32N6O7/c1-9(17(29)30)21-15(27)11(4-2-3-7-18)22-16(28)12(8-24)23-14(26)10(19)5-6-13(20)25/h9-12,24H,2-8,18-19H2,1H3,(H2,20,25)(H,21,27)(H,22,28)(H,23,26)(H,29,30). The predicted octanol–water partition coefficient (Wildman–Crippen LogP) is -3.74. The highest BCUT2D eigenvalue weighted by atomic mass is 16.4. The topological polar surface area (TPSA) is 240 Å². The summed E-state index contributed by atoms with van der Waals surface area (Å²) in [5.41, 5.74) is 16.0. The van der Waals surface area contributed by atoms with Gasteiger partial charge < -0.3 is 43.4 Å². The molecule has 30 heavy (non-hydrogen) atoms. The zero-order valence-corrected chi connectivity index (χ0v) is 16.9. The molecular weight excluding hydrogens is 400 g/mol. The molecule has 11 N–H and O–H groups in total. The summed E-state index contributed by atoms with van der Waals surface area (Å²) < 4.78 is 0. The summed E-state index contributed by atoms with van der Waals surface area (Å²) >= 11 is 0. The van der Waals surface area contributed by atoms with E-state index in [4.69, 9.17) is 22.3 Å². The molecule has 0 aliphatic carbocycles. The normalized spacial score (nSPS) is 14.7. The average Bonchev–Trinajstić information content (AvgIpc) is 2.68. The van der Waals surface area contributed by atoms with Crippen molar-refractivity contribution in [1.29, 1.82) is 0 Å². The molecule has 4 amide bonds. The smallest absolute Gasteiger partial charge is 0.325 e. The maximum atomic E-state index is 12.4. The van der Waals surface area contributed by atoms with Crippen molar-refractivity contribution < 1.29 is 34.2 Å². The first-order chi connectivity index (χ1) is 14.0. The molecule has 13 heteroatoms. The predicted molar refractivity (Wildman–Crippen MR) is 105 cm³/mol. The van der Waals surface area contributed by atoms with Crippen molar-refractivity contribution >= 4 is 29.6 Å². The number of aliphatic carboxylic acids is 1. The lowest BCUT2D eigenvalue weighted by Gasteiger charge is -2.23. The third kappa shape index (κ3) is 10.7. The maximum Gasteiger partial charge on any atom is 0.325 e. The van der Waals surface area contributed by atoms with Crippen LogP contribution >= 0.6 is 0 Å². The van der Waals surface area contributed by atoms with E-state index in [0.29, 0.717) is 19.4 Å². The first-order valence-electron chi connectivity index (χ1n) is 9.52. The van der Waals surface area contributed by atoms with Gasteiger partial charge in [0, 0.05) is 6.42 Å². The number of nitrogens with one attached hydrogen (secondary N) is 3. The van der Waals surface area contributed by atoms with E-state index in [9.17, 15) is 29.1 Å². The van der Waals surface area contributed by atoms with Crippen LogP contribution in [0.25, 0.3) is 0 Å². The number of nitrogens with two attached hydrogens (primary N) is 3. The highest BCUT2D eigenvalue weighted by molar-refractivity contribution is 5.94. The lowest BCUT2D eigenvalue weighted by atomic mass is 10.1. The SMILES string of the molecule is CC(NC(=O)C(CCCCN)NC(=O)C(CO)NC(=O)C(N)CCC(N)=O)C(=O)O. The van der Waals surface area contributed by atoms with Gasteiger partial charge in [-0.1, -0.05) is 0 Å². The molecule has 0 bridgehead atoms. The van der Waals surface area contributed by atoms with Gasteiger partial charge >= 0.3 is 5.97 Å². The van der Waals surface area contributed by atoms with Crippen molar-refractivity contribution in [2.24, 2.45) is 17.2 Å². The monoisotopic (exact) mass is 432 g/mol. The second-order valence-electron chi connectivity index (χ2n) is 6.77. The van der Waals surface area contributed by atoms with Gasteiger partial charge in [0.1, 0.15) is 18.1 Å². The molecule has 0 aromatic rings. The summed E-state index contributed by atoms with van der Waals surface area (Å²) in [7, 11) is 0. The molecule has 0 aliphatic heterocycles. The molecule has 0 aliphatic rings. The van der Waals surface area contributed by atoms with Gasteiger partial charge in [-0.15, -0.1) is 0 Å². The Morgan fingerprint density at radius 3 is 1.97 bits per heavy atom. The van der Waals surface area contributed by atoms with Gasteiger partial charge in [-0.3, -0.25) is 24.0 Å². The number of hydrogen-bond acceptors (Lipinski definition) is 8. The van der Waals surface area contributed by atoms with Crippen LogP contribution < -0.4 is 33.2 Å². The second-order valence-corrected chi connectivity index (χ2v) is 6.77. The van der Waals surface area contributed by atoms with Crippen molar-refractivity contribution in [2.75, 3.05) is 13.2 Å². The van der Waals surface area contributed by atoms with Crippen LogP contribution in [-0.2, 0) is 24.0 Å². The van der Waals surface area contributed by atoms with Crippen LogP contribution in [0, 0.1) is 0 Å². The minimum absolute atomic E-state index is 0.0435. The minimum Gasteiger partial charge on any atom is -0.480 e. The van der Waals surface area contributed by atoms with Gasteiger partial charge in [0.2, 0.25) is 23.6 Å². The molecule has 0 aromatic carbocycles. The number of carboxylic acid groups (broad SMARTS) is 1. The highest BCUT2D eigenvalue weighted by Crippen LogP contribution is 2.03.